The molecule has 0 aromatic heterocycles. The fraction of sp³-hybridized carbons (Fsp3) is 0.533. The fourth-order valence-corrected chi connectivity index (χ4v) is 2.59. The first-order chi connectivity index (χ1) is 9.59. The SMILES string of the molecule is CCOC(=O)C(C)(c1ccc(F)cc1)N1CCNCC1. The van der Waals surface area contributed by atoms with Crippen LogP contribution in [0.4, 0.5) is 4.39 Å². The molecule has 0 aliphatic carbocycles. The topological polar surface area (TPSA) is 41.6 Å². The Morgan fingerprint density at radius 2 is 1.95 bits per heavy atom. The number of halogens is 1. The third-order valence-electron chi connectivity index (χ3n) is 3.83. The lowest BCUT2D eigenvalue weighted by Crippen LogP contribution is -2.57. The highest BCUT2D eigenvalue weighted by molar-refractivity contribution is 5.82. The predicted octanol–water partition coefficient (Wildman–Crippen LogP) is 1.51. The first-order valence-corrected chi connectivity index (χ1v) is 6.98. The number of piperazine rings is 1. The molecule has 2 rings (SSSR count). The number of nitrogens with one attached hydrogen (secondary N) is 1. The van der Waals surface area contributed by atoms with Crippen molar-refractivity contribution in [3.8, 4) is 0 Å². The summed E-state index contributed by atoms with van der Waals surface area (Å²) < 4.78 is 18.4. The van der Waals surface area contributed by atoms with Gasteiger partial charge in [0.05, 0.1) is 6.61 Å². The Bertz CT molecular complexity index is 457. The molecule has 110 valence electrons. The van der Waals surface area contributed by atoms with Gasteiger partial charge in [0, 0.05) is 26.2 Å². The second kappa shape index (κ2) is 6.33. The first-order valence-electron chi connectivity index (χ1n) is 6.98. The molecule has 5 heteroatoms. The fourth-order valence-electron chi connectivity index (χ4n) is 2.59. The van der Waals surface area contributed by atoms with Crippen molar-refractivity contribution in [1.82, 2.24) is 10.2 Å². The summed E-state index contributed by atoms with van der Waals surface area (Å²) in [6.45, 7) is 7.15. The van der Waals surface area contributed by atoms with Crippen LogP contribution < -0.4 is 5.32 Å². The van der Waals surface area contributed by atoms with E-state index >= 15 is 0 Å². The summed E-state index contributed by atoms with van der Waals surface area (Å²) in [6, 6.07) is 6.09. The van der Waals surface area contributed by atoms with Crippen LogP contribution in [-0.4, -0.2) is 43.7 Å². The zero-order chi connectivity index (χ0) is 14.6. The molecule has 20 heavy (non-hydrogen) atoms. The molecule has 0 saturated carbocycles. The first kappa shape index (κ1) is 14.9. The van der Waals surface area contributed by atoms with Gasteiger partial charge >= 0.3 is 5.97 Å². The monoisotopic (exact) mass is 280 g/mol. The van der Waals surface area contributed by atoms with Gasteiger partial charge in [0.15, 0.2) is 0 Å². The van der Waals surface area contributed by atoms with Gasteiger partial charge in [0.2, 0.25) is 0 Å². The van der Waals surface area contributed by atoms with Crippen LogP contribution in [0.25, 0.3) is 0 Å². The molecule has 1 aliphatic rings. The van der Waals surface area contributed by atoms with Crippen LogP contribution in [0.5, 0.6) is 0 Å². The Labute approximate surface area is 118 Å². The van der Waals surface area contributed by atoms with Gasteiger partial charge in [-0.15, -0.1) is 0 Å². The zero-order valence-corrected chi connectivity index (χ0v) is 12.0. The standard InChI is InChI=1S/C15H21FN2O2/c1-3-20-14(19)15(2,18-10-8-17-9-11-18)12-4-6-13(16)7-5-12/h4-7,17H,3,8-11H2,1-2H3. The molecule has 1 N–H and O–H groups in total. The number of hydrogen-bond donors (Lipinski definition) is 1. The van der Waals surface area contributed by atoms with Crippen molar-refractivity contribution < 1.29 is 13.9 Å². The molecule has 1 aromatic rings. The summed E-state index contributed by atoms with van der Waals surface area (Å²) >= 11 is 0. The average molecular weight is 280 g/mol. The Morgan fingerprint density at radius 1 is 1.35 bits per heavy atom. The number of esters is 1. The van der Waals surface area contributed by atoms with Crippen LogP contribution in [0.1, 0.15) is 19.4 Å². The van der Waals surface area contributed by atoms with Gasteiger partial charge in [0.1, 0.15) is 11.4 Å². The van der Waals surface area contributed by atoms with Crippen LogP contribution >= 0.6 is 0 Å². The van der Waals surface area contributed by atoms with Gasteiger partial charge in [0.25, 0.3) is 0 Å². The lowest BCUT2D eigenvalue weighted by molar-refractivity contribution is -0.158. The molecule has 4 nitrogen and oxygen atoms in total. The average Bonchev–Trinajstić information content (AvgIpc) is 2.48. The maximum absolute atomic E-state index is 13.1. The number of benzene rings is 1. The van der Waals surface area contributed by atoms with Crippen LogP contribution in [0.15, 0.2) is 24.3 Å². The van der Waals surface area contributed by atoms with Gasteiger partial charge in [-0.2, -0.15) is 0 Å². The minimum absolute atomic E-state index is 0.284. The molecule has 1 atom stereocenters. The largest absolute Gasteiger partial charge is 0.464 e. The number of rotatable bonds is 4. The summed E-state index contributed by atoms with van der Waals surface area (Å²) in [5, 5.41) is 3.26. The quantitative estimate of drug-likeness (QED) is 0.849. The molecule has 1 saturated heterocycles. The van der Waals surface area contributed by atoms with E-state index in [1.54, 1.807) is 19.1 Å². The molecular formula is C15H21FN2O2. The van der Waals surface area contributed by atoms with E-state index in [9.17, 15) is 9.18 Å². The summed E-state index contributed by atoms with van der Waals surface area (Å²) in [6.07, 6.45) is 0. The number of ether oxygens (including phenoxy) is 1. The van der Waals surface area contributed by atoms with Gasteiger partial charge in [-0.25, -0.2) is 9.18 Å². The van der Waals surface area contributed by atoms with E-state index in [1.807, 2.05) is 6.92 Å². The summed E-state index contributed by atoms with van der Waals surface area (Å²) in [5.41, 5.74) is -0.106. The summed E-state index contributed by atoms with van der Waals surface area (Å²) in [7, 11) is 0. The number of carbonyl (C=O) groups excluding carboxylic acids is 1. The van der Waals surface area contributed by atoms with E-state index in [1.165, 1.54) is 12.1 Å². The Kier molecular flexibility index (Phi) is 4.73. The smallest absolute Gasteiger partial charge is 0.330 e. The molecule has 1 aromatic carbocycles. The van der Waals surface area contributed by atoms with Crippen LogP contribution in [0.3, 0.4) is 0 Å². The Morgan fingerprint density at radius 3 is 2.50 bits per heavy atom. The molecule has 1 heterocycles. The highest BCUT2D eigenvalue weighted by atomic mass is 19.1. The maximum atomic E-state index is 13.1. The van der Waals surface area contributed by atoms with E-state index in [0.29, 0.717) is 6.61 Å². The maximum Gasteiger partial charge on any atom is 0.330 e. The highest BCUT2D eigenvalue weighted by Crippen LogP contribution is 2.30. The van der Waals surface area contributed by atoms with Crippen LogP contribution in [0.2, 0.25) is 0 Å². The van der Waals surface area contributed by atoms with Crippen molar-refractivity contribution in [2.75, 3.05) is 32.8 Å². The normalized spacial score (nSPS) is 19.4. The molecule has 0 spiro atoms. The van der Waals surface area contributed by atoms with E-state index in [0.717, 1.165) is 31.7 Å². The van der Waals surface area contributed by atoms with Gasteiger partial charge in [-0.05, 0) is 31.5 Å². The Balaban J connectivity index is 2.36. The van der Waals surface area contributed by atoms with E-state index in [2.05, 4.69) is 10.2 Å². The molecule has 0 amide bonds. The molecule has 0 bridgehead atoms. The number of hydrogen-bond acceptors (Lipinski definition) is 4. The summed E-state index contributed by atoms with van der Waals surface area (Å²) in [4.78, 5) is 14.6. The number of nitrogens with zero attached hydrogens (tertiary/aromatic N) is 1. The van der Waals surface area contributed by atoms with Crippen molar-refractivity contribution in [3.05, 3.63) is 35.6 Å². The zero-order valence-electron chi connectivity index (χ0n) is 12.0. The molecule has 1 fully saturated rings. The second-order valence-corrected chi connectivity index (χ2v) is 5.04. The van der Waals surface area contributed by atoms with Crippen molar-refractivity contribution in [2.24, 2.45) is 0 Å². The van der Waals surface area contributed by atoms with E-state index < -0.39 is 5.54 Å². The highest BCUT2D eigenvalue weighted by Gasteiger charge is 2.42. The van der Waals surface area contributed by atoms with Gasteiger partial charge in [-0.1, -0.05) is 12.1 Å². The molecule has 1 unspecified atom stereocenters. The lowest BCUT2D eigenvalue weighted by atomic mass is 9.89. The van der Waals surface area contributed by atoms with Gasteiger partial charge in [-0.3, -0.25) is 4.90 Å². The van der Waals surface area contributed by atoms with Crippen LogP contribution in [-0.2, 0) is 15.1 Å². The van der Waals surface area contributed by atoms with E-state index in [4.69, 9.17) is 4.74 Å². The Hall–Kier alpha value is -1.46. The third kappa shape index (κ3) is 2.83. The number of carbonyl (C=O) groups is 1. The molecular weight excluding hydrogens is 259 g/mol. The van der Waals surface area contributed by atoms with Crippen molar-refractivity contribution in [1.29, 1.82) is 0 Å². The van der Waals surface area contributed by atoms with Crippen molar-refractivity contribution >= 4 is 5.97 Å². The van der Waals surface area contributed by atoms with Crippen LogP contribution in [0, 0.1) is 5.82 Å². The van der Waals surface area contributed by atoms with E-state index in [-0.39, 0.29) is 11.8 Å². The third-order valence-corrected chi connectivity index (χ3v) is 3.83. The predicted molar refractivity (Wildman–Crippen MR) is 74.8 cm³/mol. The molecule has 0 radical (unpaired) electrons. The van der Waals surface area contributed by atoms with Gasteiger partial charge < -0.3 is 10.1 Å². The minimum atomic E-state index is -0.869. The van der Waals surface area contributed by atoms with Crippen molar-refractivity contribution in [3.63, 3.8) is 0 Å². The second-order valence-electron chi connectivity index (χ2n) is 5.04. The molecule has 1 aliphatic heterocycles. The van der Waals surface area contributed by atoms with Crippen molar-refractivity contribution in [2.45, 2.75) is 19.4 Å². The minimum Gasteiger partial charge on any atom is -0.464 e. The summed E-state index contributed by atoms with van der Waals surface area (Å²) in [5.74, 6) is -0.589. The lowest BCUT2D eigenvalue weighted by Gasteiger charge is -2.41.